The summed E-state index contributed by atoms with van der Waals surface area (Å²) >= 11 is 0. The first-order chi connectivity index (χ1) is 17.8. The minimum Gasteiger partial charge on any atom is -0.454 e. The molecule has 0 aliphatic carbocycles. The Hall–Kier alpha value is -3.62. The van der Waals surface area contributed by atoms with Gasteiger partial charge in [0, 0.05) is 18.3 Å². The van der Waals surface area contributed by atoms with Crippen LogP contribution in [0.3, 0.4) is 0 Å². The van der Waals surface area contributed by atoms with Gasteiger partial charge in [-0.2, -0.15) is 0 Å². The molecule has 1 aliphatic rings. The van der Waals surface area contributed by atoms with Crippen molar-refractivity contribution in [3.63, 3.8) is 0 Å². The first kappa shape index (κ1) is 22.8. The third-order valence-corrected chi connectivity index (χ3v) is 9.18. The molecule has 0 atom stereocenters. The largest absolute Gasteiger partial charge is 0.454 e. The Morgan fingerprint density at radius 3 is 2.25 bits per heavy atom. The number of hydrogen-bond acceptors (Lipinski definition) is 3. The minimum absolute atomic E-state index is 0.278. The fourth-order valence-corrected chi connectivity index (χ4v) is 7.09. The van der Waals surface area contributed by atoms with E-state index < -0.39 is 7.92 Å². The lowest BCUT2D eigenvalue weighted by molar-refractivity contribution is 0.174. The van der Waals surface area contributed by atoms with Crippen molar-refractivity contribution in [3.05, 3.63) is 103 Å². The Morgan fingerprint density at radius 1 is 0.806 bits per heavy atom. The summed E-state index contributed by atoms with van der Waals surface area (Å²) in [6, 6.07) is 34.7. The van der Waals surface area contributed by atoms with Crippen LogP contribution in [0.1, 0.15) is 25.3 Å². The van der Waals surface area contributed by atoms with Gasteiger partial charge >= 0.3 is 0 Å². The van der Waals surface area contributed by atoms with Gasteiger partial charge in [-0.15, -0.1) is 0 Å². The summed E-state index contributed by atoms with van der Waals surface area (Å²) < 4.78 is 13.5. The maximum atomic E-state index is 5.65. The number of fused-ring (bicyclic) bond motifs is 2. The Labute approximate surface area is 213 Å². The van der Waals surface area contributed by atoms with Gasteiger partial charge in [-0.1, -0.05) is 80.1 Å². The topological polar surface area (TPSA) is 36.3 Å². The van der Waals surface area contributed by atoms with Gasteiger partial charge in [0.2, 0.25) is 6.79 Å². The zero-order valence-electron chi connectivity index (χ0n) is 20.4. The Morgan fingerprint density at radius 2 is 1.53 bits per heavy atom. The molecule has 0 fully saturated rings. The maximum Gasteiger partial charge on any atom is 0.231 e. The smallest absolute Gasteiger partial charge is 0.231 e. The van der Waals surface area contributed by atoms with Crippen LogP contribution in [-0.4, -0.2) is 16.3 Å². The van der Waals surface area contributed by atoms with Crippen molar-refractivity contribution in [2.45, 2.75) is 32.5 Å². The number of aromatic nitrogens is 2. The van der Waals surface area contributed by atoms with Gasteiger partial charge in [0.05, 0.1) is 11.0 Å². The quantitative estimate of drug-likeness (QED) is 0.222. The van der Waals surface area contributed by atoms with Crippen LogP contribution in [0.4, 0.5) is 0 Å². The number of unbranched alkanes of at least 4 members (excludes halogenated alkanes) is 1. The van der Waals surface area contributed by atoms with E-state index in [1.54, 1.807) is 0 Å². The van der Waals surface area contributed by atoms with Gasteiger partial charge in [0.15, 0.2) is 11.5 Å². The Bertz CT molecular complexity index is 1440. The number of ether oxygens (including phenoxy) is 2. The summed E-state index contributed by atoms with van der Waals surface area (Å²) in [5.74, 6) is 2.58. The predicted molar refractivity (Wildman–Crippen MR) is 149 cm³/mol. The number of hydrogen-bond donors (Lipinski definition) is 0. The van der Waals surface area contributed by atoms with E-state index in [2.05, 4.69) is 102 Å². The SMILES string of the molecule is CCCCn1c(-c2ccc3c(c2)OCO3)nc2cc(CP(c3ccccc3)c3ccccc3)ccc21. The lowest BCUT2D eigenvalue weighted by Crippen LogP contribution is -2.12. The molecule has 1 aromatic heterocycles. The molecule has 180 valence electrons. The third kappa shape index (κ3) is 4.50. The van der Waals surface area contributed by atoms with E-state index in [-0.39, 0.29) is 6.79 Å². The van der Waals surface area contributed by atoms with Crippen molar-refractivity contribution >= 4 is 29.6 Å². The summed E-state index contributed by atoms with van der Waals surface area (Å²) in [7, 11) is -0.505. The van der Waals surface area contributed by atoms with Crippen LogP contribution < -0.4 is 20.1 Å². The standard InChI is InChI=1S/C31H29N2O2P/c1-2-3-18-33-28-16-14-23(21-36(25-10-6-4-7-11-25)26-12-8-5-9-13-26)19-27(28)32-31(33)24-15-17-29-30(20-24)35-22-34-29/h4-17,19-20H,2-3,18,21-22H2,1H3. The zero-order valence-corrected chi connectivity index (χ0v) is 21.3. The molecule has 2 heterocycles. The van der Waals surface area contributed by atoms with E-state index >= 15 is 0 Å². The normalized spacial score (nSPS) is 12.5. The first-order valence-corrected chi connectivity index (χ1v) is 14.1. The predicted octanol–water partition coefficient (Wildman–Crippen LogP) is 6.87. The Kier molecular flexibility index (Phi) is 6.44. The second kappa shape index (κ2) is 10.2. The molecule has 0 amide bonds. The van der Waals surface area contributed by atoms with E-state index in [4.69, 9.17) is 14.5 Å². The lowest BCUT2D eigenvalue weighted by Gasteiger charge is -2.19. The number of rotatable bonds is 8. The van der Waals surface area contributed by atoms with Crippen molar-refractivity contribution in [2.75, 3.05) is 6.79 Å². The molecule has 1 aliphatic heterocycles. The average Bonchev–Trinajstić information content (AvgIpc) is 3.55. The number of benzene rings is 4. The van der Waals surface area contributed by atoms with Gasteiger partial charge in [-0.05, 0) is 60.8 Å². The van der Waals surface area contributed by atoms with Crippen LogP contribution in [0.5, 0.6) is 11.5 Å². The van der Waals surface area contributed by atoms with E-state index in [0.717, 1.165) is 54.0 Å². The summed E-state index contributed by atoms with van der Waals surface area (Å²) in [5, 5.41) is 2.79. The van der Waals surface area contributed by atoms with Crippen LogP contribution in [0.15, 0.2) is 97.1 Å². The van der Waals surface area contributed by atoms with E-state index in [0.29, 0.717) is 0 Å². The molecule has 36 heavy (non-hydrogen) atoms. The van der Waals surface area contributed by atoms with Crippen LogP contribution >= 0.6 is 7.92 Å². The van der Waals surface area contributed by atoms with Crippen molar-refractivity contribution < 1.29 is 9.47 Å². The minimum atomic E-state index is -0.505. The van der Waals surface area contributed by atoms with Gasteiger partial charge in [0.1, 0.15) is 5.82 Å². The van der Waals surface area contributed by atoms with Crippen LogP contribution in [-0.2, 0) is 12.7 Å². The first-order valence-electron chi connectivity index (χ1n) is 12.6. The van der Waals surface area contributed by atoms with E-state index in [9.17, 15) is 0 Å². The fourth-order valence-electron chi connectivity index (χ4n) is 4.80. The van der Waals surface area contributed by atoms with E-state index in [1.807, 2.05) is 6.07 Å². The molecule has 0 saturated carbocycles. The molecule has 0 radical (unpaired) electrons. The van der Waals surface area contributed by atoms with Gasteiger partial charge in [-0.25, -0.2) is 4.98 Å². The molecule has 0 bridgehead atoms. The second-order valence-electron chi connectivity index (χ2n) is 9.09. The maximum absolute atomic E-state index is 5.65. The molecule has 4 aromatic carbocycles. The highest BCUT2D eigenvalue weighted by molar-refractivity contribution is 7.72. The summed E-state index contributed by atoms with van der Waals surface area (Å²) in [6.07, 6.45) is 3.23. The van der Waals surface area contributed by atoms with Crippen molar-refractivity contribution in [3.8, 4) is 22.9 Å². The van der Waals surface area contributed by atoms with Crippen LogP contribution in [0, 0.1) is 0 Å². The van der Waals surface area contributed by atoms with Crippen molar-refractivity contribution in [1.82, 2.24) is 9.55 Å². The Balaban J connectivity index is 1.40. The monoisotopic (exact) mass is 492 g/mol. The molecule has 0 unspecified atom stereocenters. The van der Waals surface area contributed by atoms with Gasteiger partial charge < -0.3 is 14.0 Å². The summed E-state index contributed by atoms with van der Waals surface area (Å²) in [4.78, 5) is 5.15. The molecular weight excluding hydrogens is 463 g/mol. The lowest BCUT2D eigenvalue weighted by atomic mass is 10.2. The molecule has 0 saturated heterocycles. The summed E-state index contributed by atoms with van der Waals surface area (Å²) in [6.45, 7) is 3.45. The van der Waals surface area contributed by atoms with Crippen molar-refractivity contribution in [1.29, 1.82) is 0 Å². The van der Waals surface area contributed by atoms with Crippen LogP contribution in [0.25, 0.3) is 22.4 Å². The highest BCUT2D eigenvalue weighted by atomic mass is 31.1. The van der Waals surface area contributed by atoms with Gasteiger partial charge in [0.25, 0.3) is 0 Å². The summed E-state index contributed by atoms with van der Waals surface area (Å²) in [5.41, 5.74) is 4.61. The molecule has 6 rings (SSSR count). The molecule has 4 nitrogen and oxygen atoms in total. The number of imidazole rings is 1. The molecule has 0 spiro atoms. The number of nitrogens with zero attached hydrogens (tertiary/aromatic N) is 2. The molecular formula is C31H29N2O2P. The second-order valence-corrected chi connectivity index (χ2v) is 11.3. The third-order valence-electron chi connectivity index (χ3n) is 6.66. The molecule has 0 N–H and O–H groups in total. The molecule has 5 aromatic rings. The highest BCUT2D eigenvalue weighted by Crippen LogP contribution is 2.40. The highest BCUT2D eigenvalue weighted by Gasteiger charge is 2.19. The van der Waals surface area contributed by atoms with Crippen LogP contribution in [0.2, 0.25) is 0 Å². The fraction of sp³-hybridized carbons (Fsp3) is 0.194. The van der Waals surface area contributed by atoms with Gasteiger partial charge in [-0.3, -0.25) is 0 Å². The average molecular weight is 493 g/mol. The zero-order chi connectivity index (χ0) is 24.3. The van der Waals surface area contributed by atoms with E-state index in [1.165, 1.54) is 21.7 Å². The molecule has 5 heteroatoms. The number of aryl methyl sites for hydroxylation is 1. The van der Waals surface area contributed by atoms with Crippen molar-refractivity contribution in [2.24, 2.45) is 0 Å².